The van der Waals surface area contributed by atoms with E-state index in [1.807, 2.05) is 0 Å². The van der Waals surface area contributed by atoms with Crippen LogP contribution in [0.15, 0.2) is 6.20 Å². The van der Waals surface area contributed by atoms with E-state index in [0.717, 1.165) is 13.1 Å². The zero-order valence-electron chi connectivity index (χ0n) is 8.77. The Kier molecular flexibility index (Phi) is 2.88. The highest BCUT2D eigenvalue weighted by molar-refractivity contribution is 5.33. The van der Waals surface area contributed by atoms with Gasteiger partial charge >= 0.3 is 5.69 Å². The standard InChI is InChI=1S/C9H14N4O3/c14-9(1-3-10-4-2-9)5-7-8(13(15)16)6-11-12-7/h6,10,14H,1-5H2,(H,11,12). The summed E-state index contributed by atoms with van der Waals surface area (Å²) in [5, 5.41) is 30.3. The molecule has 7 heteroatoms. The fourth-order valence-corrected chi connectivity index (χ4v) is 1.99. The van der Waals surface area contributed by atoms with Crippen molar-refractivity contribution in [3.05, 3.63) is 22.0 Å². The molecule has 1 fully saturated rings. The van der Waals surface area contributed by atoms with Gasteiger partial charge in [0.2, 0.25) is 0 Å². The van der Waals surface area contributed by atoms with E-state index < -0.39 is 10.5 Å². The van der Waals surface area contributed by atoms with Crippen molar-refractivity contribution in [2.75, 3.05) is 13.1 Å². The molecule has 7 nitrogen and oxygen atoms in total. The van der Waals surface area contributed by atoms with Crippen LogP contribution in [0, 0.1) is 10.1 Å². The van der Waals surface area contributed by atoms with E-state index in [-0.39, 0.29) is 12.1 Å². The lowest BCUT2D eigenvalue weighted by Crippen LogP contribution is -2.43. The molecule has 0 aromatic carbocycles. The zero-order chi connectivity index (χ0) is 11.6. The van der Waals surface area contributed by atoms with Crippen molar-refractivity contribution in [3.63, 3.8) is 0 Å². The molecule has 0 atom stereocenters. The smallest absolute Gasteiger partial charge is 0.309 e. The number of aliphatic hydroxyl groups is 1. The number of nitrogens with zero attached hydrogens (tertiary/aromatic N) is 2. The molecule has 3 N–H and O–H groups in total. The molecule has 2 rings (SSSR count). The lowest BCUT2D eigenvalue weighted by molar-refractivity contribution is -0.385. The Balaban J connectivity index is 2.13. The Morgan fingerprint density at radius 1 is 1.56 bits per heavy atom. The first-order valence-corrected chi connectivity index (χ1v) is 5.20. The molecular weight excluding hydrogens is 212 g/mol. The third kappa shape index (κ3) is 2.20. The Morgan fingerprint density at radius 3 is 2.88 bits per heavy atom. The van der Waals surface area contributed by atoms with Gasteiger partial charge in [0.15, 0.2) is 0 Å². The summed E-state index contributed by atoms with van der Waals surface area (Å²) < 4.78 is 0. The van der Waals surface area contributed by atoms with E-state index in [1.165, 1.54) is 6.20 Å². The fourth-order valence-electron chi connectivity index (χ4n) is 1.99. The molecule has 0 aliphatic carbocycles. The van der Waals surface area contributed by atoms with Gasteiger partial charge in [-0.1, -0.05) is 0 Å². The maximum atomic E-state index is 10.7. The van der Waals surface area contributed by atoms with Crippen molar-refractivity contribution < 1.29 is 10.0 Å². The monoisotopic (exact) mass is 226 g/mol. The summed E-state index contributed by atoms with van der Waals surface area (Å²) in [6.07, 6.45) is 2.64. The third-order valence-corrected chi connectivity index (χ3v) is 2.93. The van der Waals surface area contributed by atoms with Crippen molar-refractivity contribution >= 4 is 5.69 Å². The molecule has 1 aliphatic heterocycles. The highest BCUT2D eigenvalue weighted by atomic mass is 16.6. The van der Waals surface area contributed by atoms with E-state index in [2.05, 4.69) is 15.5 Å². The number of hydrogen-bond donors (Lipinski definition) is 3. The van der Waals surface area contributed by atoms with Gasteiger partial charge in [0.1, 0.15) is 11.9 Å². The molecular formula is C9H14N4O3. The van der Waals surface area contributed by atoms with Gasteiger partial charge < -0.3 is 10.4 Å². The normalized spacial score (nSPS) is 19.6. The first-order chi connectivity index (χ1) is 7.61. The molecule has 0 bridgehead atoms. The van der Waals surface area contributed by atoms with Gasteiger partial charge in [-0.25, -0.2) is 0 Å². The van der Waals surface area contributed by atoms with E-state index in [4.69, 9.17) is 0 Å². The molecule has 0 unspecified atom stereocenters. The number of piperidine rings is 1. The lowest BCUT2D eigenvalue weighted by Gasteiger charge is -2.31. The number of nitro groups is 1. The zero-order valence-corrected chi connectivity index (χ0v) is 8.77. The third-order valence-electron chi connectivity index (χ3n) is 2.93. The summed E-state index contributed by atoms with van der Waals surface area (Å²) in [4.78, 5) is 10.2. The average Bonchev–Trinajstić information content (AvgIpc) is 2.66. The predicted octanol–water partition coefficient (Wildman–Crippen LogP) is -0.0251. The Labute approximate surface area is 92.0 Å². The number of aromatic amines is 1. The molecule has 16 heavy (non-hydrogen) atoms. The molecule has 1 saturated heterocycles. The van der Waals surface area contributed by atoms with Crippen LogP contribution in [0.4, 0.5) is 5.69 Å². The van der Waals surface area contributed by atoms with E-state index in [1.54, 1.807) is 0 Å². The highest BCUT2D eigenvalue weighted by Gasteiger charge is 2.32. The first kappa shape index (κ1) is 11.0. The summed E-state index contributed by atoms with van der Waals surface area (Å²) >= 11 is 0. The second-order valence-corrected chi connectivity index (χ2v) is 4.14. The van der Waals surface area contributed by atoms with E-state index >= 15 is 0 Å². The molecule has 1 aromatic rings. The van der Waals surface area contributed by atoms with Crippen molar-refractivity contribution in [2.24, 2.45) is 0 Å². The quantitative estimate of drug-likeness (QED) is 0.496. The van der Waals surface area contributed by atoms with Gasteiger partial charge in [-0.15, -0.1) is 0 Å². The topological polar surface area (TPSA) is 104 Å². The number of nitrogens with one attached hydrogen (secondary N) is 2. The maximum absolute atomic E-state index is 10.7. The van der Waals surface area contributed by atoms with Crippen molar-refractivity contribution in [1.29, 1.82) is 0 Å². The van der Waals surface area contributed by atoms with Crippen LogP contribution in [0.1, 0.15) is 18.5 Å². The number of aromatic nitrogens is 2. The predicted molar refractivity (Wildman–Crippen MR) is 56.0 cm³/mol. The second-order valence-electron chi connectivity index (χ2n) is 4.14. The lowest BCUT2D eigenvalue weighted by atomic mass is 9.87. The van der Waals surface area contributed by atoms with Crippen molar-refractivity contribution in [2.45, 2.75) is 24.9 Å². The molecule has 0 saturated carbocycles. The van der Waals surface area contributed by atoms with Crippen molar-refractivity contribution in [3.8, 4) is 0 Å². The average molecular weight is 226 g/mol. The Morgan fingerprint density at radius 2 is 2.25 bits per heavy atom. The largest absolute Gasteiger partial charge is 0.389 e. The number of rotatable bonds is 3. The summed E-state index contributed by atoms with van der Waals surface area (Å²) in [7, 11) is 0. The van der Waals surface area contributed by atoms with Crippen LogP contribution in [-0.2, 0) is 6.42 Å². The minimum Gasteiger partial charge on any atom is -0.389 e. The molecule has 1 aromatic heterocycles. The van der Waals surface area contributed by atoms with Crippen LogP contribution in [0.25, 0.3) is 0 Å². The first-order valence-electron chi connectivity index (χ1n) is 5.20. The van der Waals surface area contributed by atoms with Gasteiger partial charge in [-0.2, -0.15) is 5.10 Å². The van der Waals surface area contributed by atoms with Crippen LogP contribution in [0.5, 0.6) is 0 Å². The molecule has 88 valence electrons. The summed E-state index contributed by atoms with van der Waals surface area (Å²) in [6, 6.07) is 0. The Bertz CT molecular complexity index is 384. The van der Waals surface area contributed by atoms with E-state index in [9.17, 15) is 15.2 Å². The molecule has 0 amide bonds. The molecule has 2 heterocycles. The van der Waals surface area contributed by atoms with Gasteiger partial charge in [0.25, 0.3) is 0 Å². The highest BCUT2D eigenvalue weighted by Crippen LogP contribution is 2.26. The molecule has 1 aliphatic rings. The van der Waals surface area contributed by atoms with Gasteiger partial charge in [-0.3, -0.25) is 15.2 Å². The van der Waals surface area contributed by atoms with Crippen LogP contribution in [-0.4, -0.2) is 38.9 Å². The Hall–Kier alpha value is -1.47. The van der Waals surface area contributed by atoms with Gasteiger partial charge in [0, 0.05) is 6.42 Å². The fraction of sp³-hybridized carbons (Fsp3) is 0.667. The summed E-state index contributed by atoms with van der Waals surface area (Å²) in [6.45, 7) is 1.47. The summed E-state index contributed by atoms with van der Waals surface area (Å²) in [5.41, 5.74) is -0.510. The molecule has 0 spiro atoms. The van der Waals surface area contributed by atoms with Crippen LogP contribution in [0.2, 0.25) is 0 Å². The number of H-pyrrole nitrogens is 1. The van der Waals surface area contributed by atoms with Crippen LogP contribution < -0.4 is 5.32 Å². The second kappa shape index (κ2) is 4.18. The van der Waals surface area contributed by atoms with Gasteiger partial charge in [0.05, 0.1) is 10.5 Å². The van der Waals surface area contributed by atoms with Gasteiger partial charge in [-0.05, 0) is 25.9 Å². The minimum absolute atomic E-state index is 0.0491. The summed E-state index contributed by atoms with van der Waals surface area (Å²) in [5.74, 6) is 0. The minimum atomic E-state index is -0.859. The number of hydrogen-bond acceptors (Lipinski definition) is 5. The molecule has 0 radical (unpaired) electrons. The van der Waals surface area contributed by atoms with Crippen LogP contribution in [0.3, 0.4) is 0 Å². The SMILES string of the molecule is O=[N+]([O-])c1cn[nH]c1CC1(O)CCNCC1. The van der Waals surface area contributed by atoms with E-state index in [0.29, 0.717) is 18.5 Å². The maximum Gasteiger partial charge on any atom is 0.309 e. The van der Waals surface area contributed by atoms with Crippen molar-refractivity contribution in [1.82, 2.24) is 15.5 Å². The van der Waals surface area contributed by atoms with Crippen LogP contribution >= 0.6 is 0 Å².